The number of amides is 1. The van der Waals surface area contributed by atoms with E-state index in [1.54, 1.807) is 14.0 Å². The molecule has 0 bridgehead atoms. The fraction of sp³-hybridized carbons (Fsp3) is 0.588. The zero-order valence-electron chi connectivity index (χ0n) is 14.5. The molecule has 1 amide bonds. The smallest absolute Gasteiger partial charge is 0.224 e. The number of sulfonamides is 1. The van der Waals surface area contributed by atoms with Crippen LogP contribution in [0.15, 0.2) is 24.3 Å². The first-order valence-corrected chi connectivity index (χ1v) is 9.90. The lowest BCUT2D eigenvalue weighted by Gasteiger charge is -2.31. The number of piperidine rings is 1. The Labute approximate surface area is 144 Å². The van der Waals surface area contributed by atoms with E-state index in [0.717, 1.165) is 17.7 Å². The van der Waals surface area contributed by atoms with Gasteiger partial charge in [-0.15, -0.1) is 0 Å². The first-order valence-electron chi connectivity index (χ1n) is 8.29. The number of benzene rings is 1. The predicted octanol–water partition coefficient (Wildman–Crippen LogP) is 1.93. The van der Waals surface area contributed by atoms with Crippen molar-refractivity contribution in [1.29, 1.82) is 0 Å². The average molecular weight is 354 g/mol. The Bertz CT molecular complexity index is 658. The summed E-state index contributed by atoms with van der Waals surface area (Å²) in [5.41, 5.74) is 0.984. The number of hydrogen-bond donors (Lipinski definition) is 1. The van der Waals surface area contributed by atoms with Crippen LogP contribution in [-0.4, -0.2) is 44.6 Å². The minimum Gasteiger partial charge on any atom is -0.497 e. The molecule has 0 spiro atoms. The minimum atomic E-state index is -3.24. The fourth-order valence-electron chi connectivity index (χ4n) is 2.90. The van der Waals surface area contributed by atoms with Crippen LogP contribution < -0.4 is 10.1 Å². The summed E-state index contributed by atoms with van der Waals surface area (Å²) in [6, 6.07) is 7.40. The van der Waals surface area contributed by atoms with Crippen LogP contribution in [0.3, 0.4) is 0 Å². The van der Waals surface area contributed by atoms with Crippen molar-refractivity contribution >= 4 is 15.9 Å². The van der Waals surface area contributed by atoms with Crippen LogP contribution in [0.5, 0.6) is 5.75 Å². The van der Waals surface area contributed by atoms with Crippen LogP contribution >= 0.6 is 0 Å². The number of methoxy groups -OCH3 is 1. The Balaban J connectivity index is 1.98. The summed E-state index contributed by atoms with van der Waals surface area (Å²) >= 11 is 0. The highest BCUT2D eigenvalue weighted by Gasteiger charge is 2.31. The van der Waals surface area contributed by atoms with E-state index in [9.17, 15) is 13.2 Å². The van der Waals surface area contributed by atoms with Crippen molar-refractivity contribution in [2.75, 3.05) is 26.0 Å². The second kappa shape index (κ2) is 7.98. The zero-order valence-corrected chi connectivity index (χ0v) is 15.3. The Hall–Kier alpha value is -1.60. The Morgan fingerprint density at radius 2 is 2.04 bits per heavy atom. The molecule has 1 aromatic carbocycles. The first-order chi connectivity index (χ1) is 11.4. The molecule has 1 aromatic rings. The molecule has 24 heavy (non-hydrogen) atoms. The summed E-state index contributed by atoms with van der Waals surface area (Å²) < 4.78 is 30.6. The zero-order chi connectivity index (χ0) is 17.7. The van der Waals surface area contributed by atoms with E-state index in [4.69, 9.17) is 4.74 Å². The Morgan fingerprint density at radius 3 is 2.62 bits per heavy atom. The molecule has 7 heteroatoms. The van der Waals surface area contributed by atoms with Gasteiger partial charge in [0.1, 0.15) is 5.75 Å². The molecule has 134 valence electrons. The number of nitrogens with zero attached hydrogens (tertiary/aromatic N) is 1. The van der Waals surface area contributed by atoms with Crippen molar-refractivity contribution < 1.29 is 17.9 Å². The summed E-state index contributed by atoms with van der Waals surface area (Å²) in [5, 5.41) is 2.99. The van der Waals surface area contributed by atoms with Crippen molar-refractivity contribution in [1.82, 2.24) is 9.62 Å². The summed E-state index contributed by atoms with van der Waals surface area (Å²) in [6.45, 7) is 4.33. The van der Waals surface area contributed by atoms with E-state index >= 15 is 0 Å². The Morgan fingerprint density at radius 1 is 1.38 bits per heavy atom. The van der Waals surface area contributed by atoms with Gasteiger partial charge in [0.05, 0.1) is 24.8 Å². The number of hydrogen-bond acceptors (Lipinski definition) is 4. The lowest BCUT2D eigenvalue weighted by Crippen LogP contribution is -2.46. The molecule has 1 saturated heterocycles. The first kappa shape index (κ1) is 18.7. The van der Waals surface area contributed by atoms with Crippen LogP contribution in [0.2, 0.25) is 0 Å². The van der Waals surface area contributed by atoms with Gasteiger partial charge in [-0.3, -0.25) is 4.79 Å². The topological polar surface area (TPSA) is 75.7 Å². The molecule has 1 fully saturated rings. The third-order valence-corrected chi connectivity index (χ3v) is 6.34. The van der Waals surface area contributed by atoms with Crippen LogP contribution in [-0.2, 0) is 14.8 Å². The van der Waals surface area contributed by atoms with Crippen LogP contribution in [0.1, 0.15) is 38.3 Å². The van der Waals surface area contributed by atoms with E-state index in [1.165, 1.54) is 4.31 Å². The highest BCUT2D eigenvalue weighted by molar-refractivity contribution is 7.89. The molecule has 1 aliphatic rings. The minimum absolute atomic E-state index is 0.0730. The molecule has 0 radical (unpaired) electrons. The number of carbonyl (C=O) groups is 1. The summed E-state index contributed by atoms with van der Waals surface area (Å²) in [4.78, 5) is 12.5. The van der Waals surface area contributed by atoms with Crippen molar-refractivity contribution in [3.05, 3.63) is 29.8 Å². The van der Waals surface area contributed by atoms with E-state index < -0.39 is 10.0 Å². The molecular formula is C17H26N2O4S. The van der Waals surface area contributed by atoms with Gasteiger partial charge in [0, 0.05) is 13.1 Å². The number of rotatable bonds is 6. The third kappa shape index (κ3) is 4.48. The standard InChI is InChI=1S/C17H26N2O4S/c1-4-24(21,22)19-11-5-6-15(12-19)17(20)18-13(2)14-7-9-16(23-3)10-8-14/h7-10,13,15H,4-6,11-12H2,1-3H3,(H,18,20)/t13-,15-/m0/s1. The van der Waals surface area contributed by atoms with Gasteiger partial charge in [-0.05, 0) is 44.4 Å². The second-order valence-electron chi connectivity index (χ2n) is 6.10. The highest BCUT2D eigenvalue weighted by atomic mass is 32.2. The quantitative estimate of drug-likeness (QED) is 0.847. The summed E-state index contributed by atoms with van der Waals surface area (Å²) in [5.74, 6) is 0.462. The van der Waals surface area contributed by atoms with Gasteiger partial charge >= 0.3 is 0 Å². The van der Waals surface area contributed by atoms with Gasteiger partial charge in [-0.2, -0.15) is 0 Å². The van der Waals surface area contributed by atoms with Crippen molar-refractivity contribution in [2.24, 2.45) is 5.92 Å². The van der Waals surface area contributed by atoms with E-state index in [2.05, 4.69) is 5.32 Å². The lowest BCUT2D eigenvalue weighted by molar-refractivity contribution is -0.126. The van der Waals surface area contributed by atoms with Gasteiger partial charge in [0.25, 0.3) is 0 Å². The van der Waals surface area contributed by atoms with Crippen LogP contribution in [0.25, 0.3) is 0 Å². The lowest BCUT2D eigenvalue weighted by atomic mass is 9.98. The maximum absolute atomic E-state index is 12.5. The van der Waals surface area contributed by atoms with Gasteiger partial charge in [0.2, 0.25) is 15.9 Å². The SMILES string of the molecule is CCS(=O)(=O)N1CCC[C@H](C(=O)N[C@@H](C)c2ccc(OC)cc2)C1. The van der Waals surface area contributed by atoms with Crippen LogP contribution in [0.4, 0.5) is 0 Å². The van der Waals surface area contributed by atoms with Crippen molar-refractivity contribution in [3.8, 4) is 5.75 Å². The molecule has 0 saturated carbocycles. The third-order valence-electron chi connectivity index (χ3n) is 4.49. The molecule has 0 aliphatic carbocycles. The van der Waals surface area contributed by atoms with E-state index in [-0.39, 0.29) is 30.2 Å². The van der Waals surface area contributed by atoms with E-state index in [0.29, 0.717) is 13.0 Å². The maximum Gasteiger partial charge on any atom is 0.224 e. The molecule has 6 nitrogen and oxygen atoms in total. The largest absolute Gasteiger partial charge is 0.497 e. The molecule has 2 rings (SSSR count). The number of ether oxygens (including phenoxy) is 1. The normalized spacial score (nSPS) is 20.4. The molecule has 1 N–H and O–H groups in total. The van der Waals surface area contributed by atoms with Crippen molar-refractivity contribution in [2.45, 2.75) is 32.7 Å². The fourth-order valence-corrected chi connectivity index (χ4v) is 4.08. The molecule has 0 aromatic heterocycles. The predicted molar refractivity (Wildman–Crippen MR) is 93.3 cm³/mol. The highest BCUT2D eigenvalue weighted by Crippen LogP contribution is 2.22. The monoisotopic (exact) mass is 354 g/mol. The van der Waals surface area contributed by atoms with Crippen molar-refractivity contribution in [3.63, 3.8) is 0 Å². The van der Waals surface area contributed by atoms with Gasteiger partial charge in [-0.25, -0.2) is 12.7 Å². The maximum atomic E-state index is 12.5. The van der Waals surface area contributed by atoms with Gasteiger partial charge in [-0.1, -0.05) is 12.1 Å². The molecule has 2 atom stereocenters. The number of carbonyl (C=O) groups excluding carboxylic acids is 1. The Kier molecular flexibility index (Phi) is 6.23. The molecular weight excluding hydrogens is 328 g/mol. The van der Waals surface area contributed by atoms with Gasteiger partial charge < -0.3 is 10.1 Å². The summed E-state index contributed by atoms with van der Waals surface area (Å²) in [7, 11) is -1.63. The van der Waals surface area contributed by atoms with Crippen LogP contribution in [0, 0.1) is 5.92 Å². The molecule has 1 aliphatic heterocycles. The van der Waals surface area contributed by atoms with Gasteiger partial charge in [0.15, 0.2) is 0 Å². The molecule has 0 unspecified atom stereocenters. The number of nitrogens with one attached hydrogen (secondary N) is 1. The van der Waals surface area contributed by atoms with E-state index in [1.807, 2.05) is 31.2 Å². The summed E-state index contributed by atoms with van der Waals surface area (Å²) in [6.07, 6.45) is 1.44. The molecule has 1 heterocycles. The average Bonchev–Trinajstić information content (AvgIpc) is 2.61. The second-order valence-corrected chi connectivity index (χ2v) is 8.36.